The van der Waals surface area contributed by atoms with Crippen LogP contribution in [0.25, 0.3) is 0 Å². The van der Waals surface area contributed by atoms with Crippen LogP contribution in [-0.2, 0) is 9.53 Å². The maximum Gasteiger partial charge on any atom is 0.407 e. The fraction of sp³-hybridized carbons (Fsp3) is 0.882. The van der Waals surface area contributed by atoms with E-state index in [0.29, 0.717) is 12.5 Å². The van der Waals surface area contributed by atoms with Crippen molar-refractivity contribution in [3.05, 3.63) is 0 Å². The number of hydrogen-bond acceptors (Lipinski definition) is 4. The van der Waals surface area contributed by atoms with Gasteiger partial charge in [0.25, 0.3) is 0 Å². The van der Waals surface area contributed by atoms with E-state index in [0.717, 1.165) is 25.9 Å². The molecule has 1 unspecified atom stereocenters. The molecule has 0 aromatic rings. The number of hydrogen-bond donors (Lipinski definition) is 2. The summed E-state index contributed by atoms with van der Waals surface area (Å²) in [4.78, 5) is 26.1. The first kappa shape index (κ1) is 19.7. The van der Waals surface area contributed by atoms with E-state index in [9.17, 15) is 9.59 Å². The third-order valence-corrected chi connectivity index (χ3v) is 3.86. The number of nitrogens with zero attached hydrogens (tertiary/aromatic N) is 1. The highest BCUT2D eigenvalue weighted by Gasteiger charge is 2.28. The molecule has 0 radical (unpaired) electrons. The molecule has 2 amide bonds. The smallest absolute Gasteiger partial charge is 0.407 e. The highest BCUT2D eigenvalue weighted by Crippen LogP contribution is 2.15. The first-order valence-electron chi connectivity index (χ1n) is 8.59. The largest absolute Gasteiger partial charge is 0.444 e. The predicted octanol–water partition coefficient (Wildman–Crippen LogP) is 2.14. The van der Waals surface area contributed by atoms with Crippen molar-refractivity contribution in [2.24, 2.45) is 5.92 Å². The summed E-state index contributed by atoms with van der Waals surface area (Å²) >= 11 is 0. The summed E-state index contributed by atoms with van der Waals surface area (Å²) in [5.74, 6) is 0.534. The summed E-state index contributed by atoms with van der Waals surface area (Å²) in [6.07, 6.45) is 1.31. The number of amides is 2. The molecule has 23 heavy (non-hydrogen) atoms. The molecule has 0 aromatic heterocycles. The summed E-state index contributed by atoms with van der Waals surface area (Å²) in [5.41, 5.74) is -0.478. The molecular formula is C17H33N3O3. The lowest BCUT2D eigenvalue weighted by Crippen LogP contribution is -2.52. The lowest BCUT2D eigenvalue weighted by molar-refractivity contribution is -0.126. The Bertz CT molecular complexity index is 396. The minimum atomic E-state index is -0.478. The monoisotopic (exact) mass is 327 g/mol. The lowest BCUT2D eigenvalue weighted by atomic mass is 10.0. The second-order valence-corrected chi connectivity index (χ2v) is 7.77. The van der Waals surface area contributed by atoms with E-state index in [2.05, 4.69) is 29.4 Å². The van der Waals surface area contributed by atoms with Gasteiger partial charge in [0.15, 0.2) is 0 Å². The first-order valence-corrected chi connectivity index (χ1v) is 8.59. The van der Waals surface area contributed by atoms with Gasteiger partial charge in [-0.1, -0.05) is 13.8 Å². The van der Waals surface area contributed by atoms with Crippen LogP contribution in [0.4, 0.5) is 4.79 Å². The molecule has 2 N–H and O–H groups in total. The number of alkyl carbamates (subject to hydrolysis) is 1. The minimum absolute atomic E-state index is 0.0808. The molecule has 6 heteroatoms. The number of carbonyl (C=O) groups is 2. The molecule has 0 spiro atoms. The molecule has 0 aliphatic carbocycles. The molecule has 1 saturated heterocycles. The predicted molar refractivity (Wildman–Crippen MR) is 91.3 cm³/mol. The standard InChI is InChI=1S/C17H33N3O3/c1-12(2)11-18-15(21)13(3)20-9-7-14(8-10-20)19-16(22)23-17(4,5)6/h12-14H,7-11H2,1-6H3,(H,18,21)(H,19,22). The fourth-order valence-corrected chi connectivity index (χ4v) is 2.52. The van der Waals surface area contributed by atoms with Crippen molar-refractivity contribution in [2.45, 2.75) is 72.1 Å². The Morgan fingerprint density at radius 3 is 2.22 bits per heavy atom. The molecule has 1 fully saturated rings. The second-order valence-electron chi connectivity index (χ2n) is 7.77. The average molecular weight is 327 g/mol. The summed E-state index contributed by atoms with van der Waals surface area (Å²) < 4.78 is 5.28. The van der Waals surface area contributed by atoms with Gasteiger partial charge in [0.1, 0.15) is 5.60 Å². The van der Waals surface area contributed by atoms with Gasteiger partial charge in [-0.3, -0.25) is 9.69 Å². The van der Waals surface area contributed by atoms with Gasteiger partial charge in [0, 0.05) is 25.7 Å². The van der Waals surface area contributed by atoms with Crippen LogP contribution >= 0.6 is 0 Å². The number of ether oxygens (including phenoxy) is 1. The molecule has 1 heterocycles. The molecule has 1 aliphatic heterocycles. The summed E-state index contributed by atoms with van der Waals surface area (Å²) in [6.45, 7) is 14.0. The topological polar surface area (TPSA) is 70.7 Å². The normalized spacial score (nSPS) is 18.6. The van der Waals surface area contributed by atoms with Gasteiger partial charge >= 0.3 is 6.09 Å². The maximum absolute atomic E-state index is 12.1. The van der Waals surface area contributed by atoms with Crippen LogP contribution < -0.4 is 10.6 Å². The third-order valence-electron chi connectivity index (χ3n) is 3.86. The number of piperidine rings is 1. The van der Waals surface area contributed by atoms with Crippen LogP contribution in [0.2, 0.25) is 0 Å². The Balaban J connectivity index is 2.34. The second kappa shape index (κ2) is 8.52. The molecule has 1 aliphatic rings. The summed E-state index contributed by atoms with van der Waals surface area (Å²) in [7, 11) is 0. The zero-order chi connectivity index (χ0) is 17.6. The Morgan fingerprint density at radius 1 is 1.17 bits per heavy atom. The number of nitrogens with one attached hydrogen (secondary N) is 2. The van der Waals surface area contributed by atoms with E-state index in [1.54, 1.807) is 0 Å². The van der Waals surface area contributed by atoms with Gasteiger partial charge < -0.3 is 15.4 Å². The molecule has 1 atom stereocenters. The van der Waals surface area contributed by atoms with Crippen molar-refractivity contribution >= 4 is 12.0 Å². The number of likely N-dealkylation sites (tertiary alicyclic amines) is 1. The Labute approximate surface area is 140 Å². The van der Waals surface area contributed by atoms with E-state index < -0.39 is 5.60 Å². The highest BCUT2D eigenvalue weighted by atomic mass is 16.6. The van der Waals surface area contributed by atoms with Gasteiger partial charge in [-0.05, 0) is 46.5 Å². The van der Waals surface area contributed by atoms with Crippen LogP contribution in [0.5, 0.6) is 0 Å². The molecule has 0 bridgehead atoms. The molecule has 1 rings (SSSR count). The summed E-state index contributed by atoms with van der Waals surface area (Å²) in [5, 5.41) is 5.89. The molecule has 0 saturated carbocycles. The van der Waals surface area contributed by atoms with Gasteiger partial charge in [-0.25, -0.2) is 4.79 Å². The maximum atomic E-state index is 12.1. The quantitative estimate of drug-likeness (QED) is 0.811. The zero-order valence-corrected chi connectivity index (χ0v) is 15.4. The molecular weight excluding hydrogens is 294 g/mol. The van der Waals surface area contributed by atoms with Gasteiger partial charge in [0.05, 0.1) is 6.04 Å². The zero-order valence-electron chi connectivity index (χ0n) is 15.4. The van der Waals surface area contributed by atoms with Gasteiger partial charge in [-0.2, -0.15) is 0 Å². The number of rotatable bonds is 5. The van der Waals surface area contributed by atoms with Crippen molar-refractivity contribution in [2.75, 3.05) is 19.6 Å². The summed E-state index contributed by atoms with van der Waals surface area (Å²) in [6, 6.07) is -0.0109. The Kier molecular flexibility index (Phi) is 7.32. The lowest BCUT2D eigenvalue weighted by Gasteiger charge is -2.35. The van der Waals surface area contributed by atoms with Crippen LogP contribution in [0.3, 0.4) is 0 Å². The van der Waals surface area contributed by atoms with Crippen molar-refractivity contribution in [1.29, 1.82) is 0 Å². The SMILES string of the molecule is CC(C)CNC(=O)C(C)N1CCC(NC(=O)OC(C)(C)C)CC1. The Hall–Kier alpha value is -1.30. The number of carbonyl (C=O) groups excluding carboxylic acids is 2. The van der Waals surface area contributed by atoms with Crippen molar-refractivity contribution in [1.82, 2.24) is 15.5 Å². The molecule has 134 valence electrons. The fourth-order valence-electron chi connectivity index (χ4n) is 2.52. The first-order chi connectivity index (χ1) is 10.6. The van der Waals surface area contributed by atoms with Crippen molar-refractivity contribution in [3.63, 3.8) is 0 Å². The van der Waals surface area contributed by atoms with E-state index in [1.807, 2.05) is 27.7 Å². The van der Waals surface area contributed by atoms with Gasteiger partial charge in [-0.15, -0.1) is 0 Å². The molecule has 6 nitrogen and oxygen atoms in total. The van der Waals surface area contributed by atoms with Crippen LogP contribution in [-0.4, -0.2) is 54.2 Å². The third kappa shape index (κ3) is 7.68. The van der Waals surface area contributed by atoms with Crippen molar-refractivity contribution in [3.8, 4) is 0 Å². The Morgan fingerprint density at radius 2 is 1.74 bits per heavy atom. The van der Waals surface area contributed by atoms with Crippen LogP contribution in [0.15, 0.2) is 0 Å². The van der Waals surface area contributed by atoms with Crippen LogP contribution in [0, 0.1) is 5.92 Å². The van der Waals surface area contributed by atoms with E-state index in [-0.39, 0.29) is 24.1 Å². The van der Waals surface area contributed by atoms with Crippen molar-refractivity contribution < 1.29 is 14.3 Å². The van der Waals surface area contributed by atoms with Gasteiger partial charge in [0.2, 0.25) is 5.91 Å². The van der Waals surface area contributed by atoms with E-state index in [1.165, 1.54) is 0 Å². The average Bonchev–Trinajstić information content (AvgIpc) is 2.42. The molecule has 0 aromatic carbocycles. The van der Waals surface area contributed by atoms with E-state index >= 15 is 0 Å². The van der Waals surface area contributed by atoms with E-state index in [4.69, 9.17) is 4.74 Å². The minimum Gasteiger partial charge on any atom is -0.444 e. The highest BCUT2D eigenvalue weighted by molar-refractivity contribution is 5.81. The van der Waals surface area contributed by atoms with Crippen LogP contribution in [0.1, 0.15) is 54.4 Å².